The van der Waals surface area contributed by atoms with Crippen molar-refractivity contribution in [2.45, 2.75) is 19.8 Å². The molecule has 0 unspecified atom stereocenters. The molecule has 8 nitrogen and oxygen atoms in total. The second-order valence-electron chi connectivity index (χ2n) is 7.25. The van der Waals surface area contributed by atoms with Crippen LogP contribution in [0.25, 0.3) is 5.65 Å². The zero-order chi connectivity index (χ0) is 20.2. The molecule has 29 heavy (non-hydrogen) atoms. The highest BCUT2D eigenvalue weighted by Gasteiger charge is 2.21. The molecule has 1 aromatic carbocycles. The number of nitrogens with zero attached hydrogens (tertiary/aromatic N) is 4. The van der Waals surface area contributed by atoms with Crippen LogP contribution in [0, 0.1) is 5.92 Å². The molecule has 2 aromatic heterocycles. The van der Waals surface area contributed by atoms with Crippen molar-refractivity contribution in [2.24, 2.45) is 5.92 Å². The van der Waals surface area contributed by atoms with E-state index in [2.05, 4.69) is 27.2 Å². The quantitative estimate of drug-likeness (QED) is 0.691. The monoisotopic (exact) mass is 395 g/mol. The van der Waals surface area contributed by atoms with E-state index in [1.807, 2.05) is 30.3 Å². The Morgan fingerprint density at radius 2 is 1.93 bits per heavy atom. The summed E-state index contributed by atoms with van der Waals surface area (Å²) in [7, 11) is 1.60. The van der Waals surface area contributed by atoms with Crippen molar-refractivity contribution in [3.8, 4) is 11.5 Å². The lowest BCUT2D eigenvalue weighted by atomic mass is 9.99. The largest absolute Gasteiger partial charge is 0.493 e. The maximum Gasteiger partial charge on any atom is 0.264 e. The number of fused-ring (bicyclic) bond motifs is 1. The average Bonchev–Trinajstić information content (AvgIpc) is 3.16. The van der Waals surface area contributed by atoms with Crippen LogP contribution in [0.4, 0.5) is 11.8 Å². The molecule has 8 heteroatoms. The van der Waals surface area contributed by atoms with E-state index in [1.165, 1.54) is 0 Å². The lowest BCUT2D eigenvalue weighted by Gasteiger charge is -2.32. The maximum atomic E-state index is 12.3. The van der Waals surface area contributed by atoms with E-state index in [-0.39, 0.29) is 18.5 Å². The van der Waals surface area contributed by atoms with Gasteiger partial charge in [0, 0.05) is 13.1 Å². The molecule has 3 aromatic rings. The third kappa shape index (κ3) is 4.26. The molecular weight excluding hydrogens is 370 g/mol. The van der Waals surface area contributed by atoms with Crippen molar-refractivity contribution in [3.63, 3.8) is 0 Å². The number of hydrogen-bond acceptors (Lipinski definition) is 6. The van der Waals surface area contributed by atoms with Gasteiger partial charge in [0.05, 0.1) is 7.11 Å². The average molecular weight is 395 g/mol. The number of carbonyl (C=O) groups excluding carboxylic acids is 1. The van der Waals surface area contributed by atoms with Crippen molar-refractivity contribution >= 4 is 23.3 Å². The molecule has 3 heterocycles. The van der Waals surface area contributed by atoms with E-state index in [4.69, 9.17) is 9.47 Å². The Balaban J connectivity index is 1.52. The normalized spacial score (nSPS) is 14.8. The molecule has 0 bridgehead atoms. The molecule has 1 aliphatic heterocycles. The van der Waals surface area contributed by atoms with Gasteiger partial charge in [-0.25, -0.2) is 0 Å². The lowest BCUT2D eigenvalue weighted by Crippen LogP contribution is -2.34. The van der Waals surface area contributed by atoms with Gasteiger partial charge in [-0.15, -0.1) is 5.10 Å². The molecule has 0 saturated carbocycles. The van der Waals surface area contributed by atoms with E-state index in [1.54, 1.807) is 23.8 Å². The van der Waals surface area contributed by atoms with Gasteiger partial charge in [0.1, 0.15) is 11.6 Å². The second kappa shape index (κ2) is 8.38. The first-order chi connectivity index (χ1) is 14.1. The fourth-order valence-corrected chi connectivity index (χ4v) is 3.44. The van der Waals surface area contributed by atoms with Crippen LogP contribution in [0.1, 0.15) is 19.8 Å². The summed E-state index contributed by atoms with van der Waals surface area (Å²) in [6.45, 7) is 4.10. The van der Waals surface area contributed by atoms with Gasteiger partial charge < -0.3 is 14.4 Å². The van der Waals surface area contributed by atoms with E-state index in [0.717, 1.165) is 37.7 Å². The summed E-state index contributed by atoms with van der Waals surface area (Å²) < 4.78 is 12.7. The Bertz CT molecular complexity index is 981. The molecule has 0 spiro atoms. The minimum Gasteiger partial charge on any atom is -0.493 e. The number of nitrogens with one attached hydrogen (secondary N) is 1. The Morgan fingerprint density at radius 3 is 2.66 bits per heavy atom. The van der Waals surface area contributed by atoms with Gasteiger partial charge in [-0.2, -0.15) is 9.50 Å². The highest BCUT2D eigenvalue weighted by molar-refractivity contribution is 5.90. The summed E-state index contributed by atoms with van der Waals surface area (Å²) in [4.78, 5) is 19.0. The van der Waals surface area contributed by atoms with Gasteiger partial charge >= 0.3 is 0 Å². The maximum absolute atomic E-state index is 12.3. The van der Waals surface area contributed by atoms with Crippen molar-refractivity contribution in [1.82, 2.24) is 14.6 Å². The number of rotatable bonds is 6. The van der Waals surface area contributed by atoms with Gasteiger partial charge in [-0.1, -0.05) is 25.1 Å². The highest BCUT2D eigenvalue weighted by atomic mass is 16.5. The minimum atomic E-state index is -0.322. The highest BCUT2D eigenvalue weighted by Crippen LogP contribution is 2.28. The number of aromatic nitrogens is 3. The fourth-order valence-electron chi connectivity index (χ4n) is 3.44. The van der Waals surface area contributed by atoms with Crippen LogP contribution in [0.2, 0.25) is 0 Å². The Kier molecular flexibility index (Phi) is 5.50. The molecule has 1 N–H and O–H groups in total. The number of amides is 1. The molecule has 1 fully saturated rings. The molecular formula is C21H25N5O3. The standard InChI is InChI=1S/C21H25N5O3/c1-15-10-12-25(13-11-15)19-9-8-17(28-2)20-23-21(24-26(19)20)22-18(27)14-29-16-6-4-3-5-7-16/h3-9,15H,10-14H2,1-2H3,(H,22,24,27). The molecule has 1 amide bonds. The van der Waals surface area contributed by atoms with E-state index in [9.17, 15) is 4.79 Å². The van der Waals surface area contributed by atoms with Crippen molar-refractivity contribution in [3.05, 3.63) is 42.5 Å². The molecule has 1 saturated heterocycles. The number of para-hydroxylation sites is 1. The van der Waals surface area contributed by atoms with Crippen LogP contribution in [-0.2, 0) is 4.79 Å². The second-order valence-corrected chi connectivity index (χ2v) is 7.25. The zero-order valence-corrected chi connectivity index (χ0v) is 16.7. The molecule has 0 atom stereocenters. The lowest BCUT2D eigenvalue weighted by molar-refractivity contribution is -0.118. The Hall–Kier alpha value is -3.29. The molecule has 0 aliphatic carbocycles. The summed E-state index contributed by atoms with van der Waals surface area (Å²) >= 11 is 0. The van der Waals surface area contributed by atoms with Crippen molar-refractivity contribution in [2.75, 3.05) is 37.0 Å². The van der Waals surface area contributed by atoms with Crippen LogP contribution >= 0.6 is 0 Å². The van der Waals surface area contributed by atoms with Gasteiger partial charge in [-0.3, -0.25) is 10.1 Å². The van der Waals surface area contributed by atoms with E-state index in [0.29, 0.717) is 17.1 Å². The van der Waals surface area contributed by atoms with Gasteiger partial charge in [-0.05, 0) is 43.0 Å². The zero-order valence-electron chi connectivity index (χ0n) is 16.7. The van der Waals surface area contributed by atoms with Crippen LogP contribution in [0.3, 0.4) is 0 Å². The summed E-state index contributed by atoms with van der Waals surface area (Å²) in [6, 6.07) is 13.1. The van der Waals surface area contributed by atoms with E-state index < -0.39 is 0 Å². The van der Waals surface area contributed by atoms with Crippen molar-refractivity contribution in [1.29, 1.82) is 0 Å². The molecule has 1 aliphatic rings. The predicted octanol–water partition coefficient (Wildman–Crippen LogP) is 2.99. The third-order valence-electron chi connectivity index (χ3n) is 5.12. The summed E-state index contributed by atoms with van der Waals surface area (Å²) in [5.41, 5.74) is 0.572. The first-order valence-electron chi connectivity index (χ1n) is 9.80. The summed E-state index contributed by atoms with van der Waals surface area (Å²) in [5.74, 6) is 2.82. The first kappa shape index (κ1) is 19.0. The minimum absolute atomic E-state index is 0.117. The number of ether oxygens (including phenoxy) is 2. The molecule has 152 valence electrons. The number of piperidine rings is 1. The van der Waals surface area contributed by atoms with Crippen LogP contribution < -0.4 is 19.7 Å². The van der Waals surface area contributed by atoms with Gasteiger partial charge in [0.25, 0.3) is 5.91 Å². The first-order valence-corrected chi connectivity index (χ1v) is 9.80. The number of benzene rings is 1. The van der Waals surface area contributed by atoms with Crippen LogP contribution in [0.5, 0.6) is 11.5 Å². The summed E-state index contributed by atoms with van der Waals surface area (Å²) in [5, 5.41) is 7.22. The van der Waals surface area contributed by atoms with Crippen LogP contribution in [0.15, 0.2) is 42.5 Å². The SMILES string of the molecule is COc1ccc(N2CCC(C)CC2)n2nc(NC(=O)COc3ccccc3)nc12. The smallest absolute Gasteiger partial charge is 0.264 e. The number of hydrogen-bond donors (Lipinski definition) is 1. The Morgan fingerprint density at radius 1 is 1.17 bits per heavy atom. The summed E-state index contributed by atoms with van der Waals surface area (Å²) in [6.07, 6.45) is 2.28. The Labute approximate surface area is 169 Å². The topological polar surface area (TPSA) is 81.0 Å². The van der Waals surface area contributed by atoms with Gasteiger partial charge in [0.15, 0.2) is 12.4 Å². The fraction of sp³-hybridized carbons (Fsp3) is 0.381. The predicted molar refractivity (Wildman–Crippen MR) is 111 cm³/mol. The number of carbonyl (C=O) groups is 1. The number of pyridine rings is 1. The number of methoxy groups -OCH3 is 1. The molecule has 4 rings (SSSR count). The van der Waals surface area contributed by atoms with Gasteiger partial charge in [0.2, 0.25) is 11.6 Å². The number of anilines is 2. The van der Waals surface area contributed by atoms with Crippen LogP contribution in [-0.4, -0.2) is 47.3 Å². The molecule has 0 radical (unpaired) electrons. The third-order valence-corrected chi connectivity index (χ3v) is 5.12. The van der Waals surface area contributed by atoms with Crippen molar-refractivity contribution < 1.29 is 14.3 Å². The van der Waals surface area contributed by atoms with E-state index >= 15 is 0 Å².